The minimum Gasteiger partial charge on any atom is -0.273 e. The van der Waals surface area contributed by atoms with Crippen LogP contribution < -0.4 is 0 Å². The van der Waals surface area contributed by atoms with E-state index in [-0.39, 0.29) is 5.91 Å². The number of carbonyl (C=O) groups excluding carboxylic acids is 1. The molecule has 1 heterocycles. The van der Waals surface area contributed by atoms with Crippen LogP contribution in [0, 0.1) is 5.92 Å². The topological polar surface area (TPSA) is 23.6 Å². The molecule has 13 heavy (non-hydrogen) atoms. The summed E-state index contributed by atoms with van der Waals surface area (Å²) < 4.78 is 0. The highest BCUT2D eigenvalue weighted by Gasteiger charge is 2.29. The normalized spacial score (nSPS) is 24.4. The highest BCUT2D eigenvalue weighted by atomic mass is 16.2. The molecular formula is C10H20N2O. The Morgan fingerprint density at radius 2 is 2.15 bits per heavy atom. The average molecular weight is 184 g/mol. The maximum Gasteiger partial charge on any atom is 0.237 e. The number of hydrazine groups is 1. The molecule has 0 bridgehead atoms. The summed E-state index contributed by atoms with van der Waals surface area (Å²) in [6.07, 6.45) is 1.76. The van der Waals surface area contributed by atoms with E-state index in [9.17, 15) is 4.79 Å². The van der Waals surface area contributed by atoms with Gasteiger partial charge in [0.15, 0.2) is 0 Å². The van der Waals surface area contributed by atoms with Gasteiger partial charge in [-0.15, -0.1) is 0 Å². The van der Waals surface area contributed by atoms with Crippen molar-refractivity contribution in [2.45, 2.75) is 39.7 Å². The third-order valence-corrected chi connectivity index (χ3v) is 2.49. The van der Waals surface area contributed by atoms with Gasteiger partial charge in [-0.05, 0) is 19.3 Å². The number of nitrogens with zero attached hydrogens (tertiary/aromatic N) is 2. The Morgan fingerprint density at radius 1 is 1.54 bits per heavy atom. The van der Waals surface area contributed by atoms with E-state index >= 15 is 0 Å². The Kier molecular flexibility index (Phi) is 3.31. The van der Waals surface area contributed by atoms with Gasteiger partial charge in [0.25, 0.3) is 0 Å². The molecule has 1 aliphatic rings. The lowest BCUT2D eigenvalue weighted by Gasteiger charge is -2.28. The Balaban J connectivity index is 2.54. The van der Waals surface area contributed by atoms with Crippen LogP contribution in [0.1, 0.15) is 33.6 Å². The zero-order chi connectivity index (χ0) is 10.0. The zero-order valence-corrected chi connectivity index (χ0v) is 9.08. The average Bonchev–Trinajstić information content (AvgIpc) is 2.29. The third kappa shape index (κ3) is 2.44. The molecule has 0 aliphatic carbocycles. The molecule has 1 rings (SSSR count). The number of hydrogen-bond donors (Lipinski definition) is 0. The van der Waals surface area contributed by atoms with E-state index in [0.717, 1.165) is 13.0 Å². The van der Waals surface area contributed by atoms with Crippen LogP contribution in [0.2, 0.25) is 0 Å². The predicted octanol–water partition coefficient (Wildman–Crippen LogP) is 1.50. The first-order chi connectivity index (χ1) is 6.02. The van der Waals surface area contributed by atoms with Crippen LogP contribution in [-0.4, -0.2) is 35.6 Å². The molecule has 0 N–H and O–H groups in total. The zero-order valence-electron chi connectivity index (χ0n) is 9.08. The Morgan fingerprint density at radius 3 is 2.54 bits per heavy atom. The van der Waals surface area contributed by atoms with Gasteiger partial charge in [0.05, 0.1) is 0 Å². The number of hydrogen-bond acceptors (Lipinski definition) is 2. The van der Waals surface area contributed by atoms with Gasteiger partial charge >= 0.3 is 0 Å². The molecule has 1 atom stereocenters. The van der Waals surface area contributed by atoms with Gasteiger partial charge in [-0.1, -0.05) is 13.8 Å². The minimum atomic E-state index is 0.266. The van der Waals surface area contributed by atoms with Crippen molar-refractivity contribution < 1.29 is 4.79 Å². The van der Waals surface area contributed by atoms with Crippen molar-refractivity contribution in [1.82, 2.24) is 10.0 Å². The second-order valence-corrected chi connectivity index (χ2v) is 4.36. The summed E-state index contributed by atoms with van der Waals surface area (Å²) in [4.78, 5) is 11.8. The standard InChI is InChI=1S/C10H20N2O/c1-8(2)7-10(13)12-9(3)5-6-11(12)4/h8-9H,5-7H2,1-4H3/t9-/m1/s1. The fraction of sp³-hybridized carbons (Fsp3) is 0.900. The molecule has 0 saturated carbocycles. The predicted molar refractivity (Wildman–Crippen MR) is 53.0 cm³/mol. The SMILES string of the molecule is CC(C)CC(=O)N1[C@H](C)CCN1C. The lowest BCUT2D eigenvalue weighted by molar-refractivity contribution is -0.145. The van der Waals surface area contributed by atoms with Crippen molar-refractivity contribution in [3.05, 3.63) is 0 Å². The van der Waals surface area contributed by atoms with Crippen molar-refractivity contribution in [2.75, 3.05) is 13.6 Å². The fourth-order valence-electron chi connectivity index (χ4n) is 1.82. The lowest BCUT2D eigenvalue weighted by Crippen LogP contribution is -2.42. The first-order valence-electron chi connectivity index (χ1n) is 5.05. The van der Waals surface area contributed by atoms with Crippen LogP contribution in [0.15, 0.2) is 0 Å². The lowest BCUT2D eigenvalue weighted by atomic mass is 10.1. The summed E-state index contributed by atoms with van der Waals surface area (Å²) >= 11 is 0. The molecule has 0 unspecified atom stereocenters. The van der Waals surface area contributed by atoms with E-state index < -0.39 is 0 Å². The molecule has 0 radical (unpaired) electrons. The summed E-state index contributed by atoms with van der Waals surface area (Å²) in [5.41, 5.74) is 0. The highest BCUT2D eigenvalue weighted by Crippen LogP contribution is 2.18. The molecule has 3 nitrogen and oxygen atoms in total. The van der Waals surface area contributed by atoms with Gasteiger partial charge in [-0.3, -0.25) is 9.80 Å². The molecular weight excluding hydrogens is 164 g/mol. The summed E-state index contributed by atoms with van der Waals surface area (Å²) in [6, 6.07) is 0.385. The molecule has 0 aromatic heterocycles. The second-order valence-electron chi connectivity index (χ2n) is 4.36. The van der Waals surface area contributed by atoms with E-state index in [0.29, 0.717) is 18.4 Å². The summed E-state index contributed by atoms with van der Waals surface area (Å²) in [5, 5.41) is 3.94. The molecule has 1 saturated heterocycles. The second kappa shape index (κ2) is 4.09. The van der Waals surface area contributed by atoms with Gasteiger partial charge in [0.2, 0.25) is 5.91 Å². The Bertz CT molecular complexity index is 181. The fourth-order valence-corrected chi connectivity index (χ4v) is 1.82. The minimum absolute atomic E-state index is 0.266. The van der Waals surface area contributed by atoms with Gasteiger partial charge < -0.3 is 0 Å². The molecule has 1 amide bonds. The molecule has 1 aliphatic heterocycles. The third-order valence-electron chi connectivity index (χ3n) is 2.49. The van der Waals surface area contributed by atoms with E-state index in [1.54, 1.807) is 0 Å². The number of carbonyl (C=O) groups is 1. The van der Waals surface area contributed by atoms with Crippen LogP contribution in [-0.2, 0) is 4.79 Å². The summed E-state index contributed by atoms with van der Waals surface area (Å²) in [7, 11) is 1.99. The van der Waals surface area contributed by atoms with E-state index in [1.807, 2.05) is 17.1 Å². The van der Waals surface area contributed by atoms with E-state index in [1.165, 1.54) is 0 Å². The quantitative estimate of drug-likeness (QED) is 0.649. The van der Waals surface area contributed by atoms with Gasteiger partial charge in [0, 0.05) is 26.1 Å². The van der Waals surface area contributed by atoms with Gasteiger partial charge in [-0.2, -0.15) is 0 Å². The van der Waals surface area contributed by atoms with Crippen molar-refractivity contribution >= 4 is 5.91 Å². The molecule has 0 aromatic rings. The maximum absolute atomic E-state index is 11.8. The van der Waals surface area contributed by atoms with Crippen molar-refractivity contribution in [1.29, 1.82) is 0 Å². The summed E-state index contributed by atoms with van der Waals surface area (Å²) in [5.74, 6) is 0.719. The number of amides is 1. The molecule has 0 aromatic carbocycles. The molecule has 3 heteroatoms. The molecule has 1 fully saturated rings. The van der Waals surface area contributed by atoms with Crippen molar-refractivity contribution in [2.24, 2.45) is 5.92 Å². The Hall–Kier alpha value is -0.570. The van der Waals surface area contributed by atoms with Crippen LogP contribution in [0.4, 0.5) is 0 Å². The highest BCUT2D eigenvalue weighted by molar-refractivity contribution is 5.76. The maximum atomic E-state index is 11.8. The number of rotatable bonds is 2. The van der Waals surface area contributed by atoms with Crippen molar-refractivity contribution in [3.63, 3.8) is 0 Å². The van der Waals surface area contributed by atoms with Crippen LogP contribution in [0.25, 0.3) is 0 Å². The van der Waals surface area contributed by atoms with Crippen molar-refractivity contribution in [3.8, 4) is 0 Å². The van der Waals surface area contributed by atoms with Crippen LogP contribution >= 0.6 is 0 Å². The largest absolute Gasteiger partial charge is 0.273 e. The van der Waals surface area contributed by atoms with Gasteiger partial charge in [-0.25, -0.2) is 5.01 Å². The van der Waals surface area contributed by atoms with Crippen LogP contribution in [0.3, 0.4) is 0 Å². The first kappa shape index (κ1) is 10.5. The first-order valence-corrected chi connectivity index (χ1v) is 5.05. The van der Waals surface area contributed by atoms with E-state index in [2.05, 4.69) is 20.8 Å². The molecule has 0 spiro atoms. The Labute approximate surface area is 80.7 Å². The van der Waals surface area contributed by atoms with Gasteiger partial charge in [0.1, 0.15) is 0 Å². The monoisotopic (exact) mass is 184 g/mol. The van der Waals surface area contributed by atoms with E-state index in [4.69, 9.17) is 0 Å². The summed E-state index contributed by atoms with van der Waals surface area (Å²) in [6.45, 7) is 7.28. The van der Waals surface area contributed by atoms with Crippen LogP contribution in [0.5, 0.6) is 0 Å². The smallest absolute Gasteiger partial charge is 0.237 e. The molecule has 76 valence electrons.